The zero-order valence-electron chi connectivity index (χ0n) is 13.3. The Morgan fingerprint density at radius 2 is 2.10 bits per heavy atom. The largest absolute Gasteiger partial charge is 0.353 e. The summed E-state index contributed by atoms with van der Waals surface area (Å²) in [5.74, 6) is 2.52. The van der Waals surface area contributed by atoms with E-state index in [0.29, 0.717) is 12.0 Å². The van der Waals surface area contributed by atoms with Crippen molar-refractivity contribution in [1.29, 1.82) is 0 Å². The van der Waals surface area contributed by atoms with E-state index < -0.39 is 0 Å². The number of aromatic nitrogens is 2. The normalized spacial score (nSPS) is 23.4. The Kier molecular flexibility index (Phi) is 5.35. The van der Waals surface area contributed by atoms with E-state index in [1.54, 1.807) is 0 Å². The van der Waals surface area contributed by atoms with Crippen molar-refractivity contribution in [3.8, 4) is 0 Å². The van der Waals surface area contributed by atoms with Crippen LogP contribution in [0.1, 0.15) is 46.2 Å². The van der Waals surface area contributed by atoms with Crippen molar-refractivity contribution in [2.45, 2.75) is 53.1 Å². The second kappa shape index (κ2) is 7.02. The molecule has 0 aromatic carbocycles. The lowest BCUT2D eigenvalue weighted by Gasteiger charge is -2.37. The molecule has 0 amide bonds. The summed E-state index contributed by atoms with van der Waals surface area (Å²) < 4.78 is 0. The molecule has 1 saturated heterocycles. The zero-order valence-corrected chi connectivity index (χ0v) is 13.3. The molecule has 0 spiro atoms. The number of nitrogens with zero attached hydrogens (tertiary/aromatic N) is 3. The fraction of sp³-hybridized carbons (Fsp3) is 0.750. The Morgan fingerprint density at radius 3 is 2.70 bits per heavy atom. The molecule has 20 heavy (non-hydrogen) atoms. The second-order valence-corrected chi connectivity index (χ2v) is 6.56. The highest BCUT2D eigenvalue weighted by Gasteiger charge is 2.23. The summed E-state index contributed by atoms with van der Waals surface area (Å²) in [7, 11) is 0. The van der Waals surface area contributed by atoms with Crippen molar-refractivity contribution >= 4 is 5.82 Å². The van der Waals surface area contributed by atoms with Crippen LogP contribution in [0.5, 0.6) is 0 Å². The van der Waals surface area contributed by atoms with E-state index >= 15 is 0 Å². The average Bonchev–Trinajstić information content (AvgIpc) is 2.39. The fourth-order valence-electron chi connectivity index (χ4n) is 2.82. The predicted octanol–water partition coefficient (Wildman–Crippen LogP) is 2.85. The van der Waals surface area contributed by atoms with E-state index in [1.165, 1.54) is 12.8 Å². The van der Waals surface area contributed by atoms with Crippen LogP contribution in [0, 0.1) is 11.8 Å². The number of rotatable bonds is 5. The van der Waals surface area contributed by atoms with Crippen LogP contribution in [-0.2, 0) is 6.54 Å². The molecule has 1 N–H and O–H groups in total. The van der Waals surface area contributed by atoms with Gasteiger partial charge < -0.3 is 10.2 Å². The molecule has 2 heterocycles. The predicted molar refractivity (Wildman–Crippen MR) is 83.8 cm³/mol. The van der Waals surface area contributed by atoms with Gasteiger partial charge in [0, 0.05) is 19.1 Å². The molecular weight excluding hydrogens is 248 g/mol. The minimum Gasteiger partial charge on any atom is -0.353 e. The molecule has 112 valence electrons. The van der Waals surface area contributed by atoms with Crippen LogP contribution in [0.3, 0.4) is 0 Å². The first-order valence-electron chi connectivity index (χ1n) is 7.84. The molecule has 4 heteroatoms. The number of hydrogen-bond donors (Lipinski definition) is 1. The molecular formula is C16H28N4. The second-order valence-electron chi connectivity index (χ2n) is 6.56. The van der Waals surface area contributed by atoms with E-state index in [4.69, 9.17) is 0 Å². The van der Waals surface area contributed by atoms with Gasteiger partial charge in [-0.05, 0) is 38.1 Å². The van der Waals surface area contributed by atoms with Crippen molar-refractivity contribution in [3.63, 3.8) is 0 Å². The molecule has 0 bridgehead atoms. The van der Waals surface area contributed by atoms with Gasteiger partial charge in [-0.2, -0.15) is 0 Å². The molecule has 0 saturated carbocycles. The minimum atomic E-state index is 0.568. The minimum absolute atomic E-state index is 0.568. The lowest BCUT2D eigenvalue weighted by atomic mass is 9.93. The molecule has 1 aliphatic heterocycles. The van der Waals surface area contributed by atoms with Crippen LogP contribution in [-0.4, -0.2) is 29.1 Å². The van der Waals surface area contributed by atoms with E-state index in [2.05, 4.69) is 47.9 Å². The monoisotopic (exact) mass is 276 g/mol. The smallest absolute Gasteiger partial charge is 0.147 e. The molecule has 0 aliphatic carbocycles. The zero-order chi connectivity index (χ0) is 14.5. The summed E-state index contributed by atoms with van der Waals surface area (Å²) in [5, 5.41) is 3.40. The Balaban J connectivity index is 1.91. The maximum Gasteiger partial charge on any atom is 0.147 e. The van der Waals surface area contributed by atoms with Gasteiger partial charge in [0.05, 0.1) is 18.1 Å². The van der Waals surface area contributed by atoms with Crippen LogP contribution >= 0.6 is 0 Å². The Morgan fingerprint density at radius 1 is 1.30 bits per heavy atom. The third-order valence-electron chi connectivity index (χ3n) is 3.98. The Hall–Kier alpha value is -1.16. The van der Waals surface area contributed by atoms with E-state index in [1.807, 2.05) is 12.4 Å². The highest BCUT2D eigenvalue weighted by molar-refractivity contribution is 5.37. The van der Waals surface area contributed by atoms with Crippen molar-refractivity contribution in [2.75, 3.05) is 18.0 Å². The van der Waals surface area contributed by atoms with Gasteiger partial charge in [-0.3, -0.25) is 4.98 Å². The molecule has 0 radical (unpaired) electrons. The lowest BCUT2D eigenvalue weighted by Crippen LogP contribution is -2.40. The molecule has 2 unspecified atom stereocenters. The van der Waals surface area contributed by atoms with Crippen molar-refractivity contribution in [1.82, 2.24) is 15.3 Å². The van der Waals surface area contributed by atoms with Crippen molar-refractivity contribution in [3.05, 3.63) is 18.1 Å². The van der Waals surface area contributed by atoms with Crippen LogP contribution in [0.15, 0.2) is 12.4 Å². The molecule has 4 nitrogen and oxygen atoms in total. The number of anilines is 1. The van der Waals surface area contributed by atoms with Crippen molar-refractivity contribution in [2.24, 2.45) is 11.8 Å². The first kappa shape index (κ1) is 15.2. The molecule has 1 aliphatic rings. The molecule has 1 aromatic heterocycles. The Labute approximate surface area is 123 Å². The van der Waals surface area contributed by atoms with Crippen LogP contribution < -0.4 is 10.2 Å². The summed E-state index contributed by atoms with van der Waals surface area (Å²) in [4.78, 5) is 11.5. The maximum atomic E-state index is 4.60. The topological polar surface area (TPSA) is 41.1 Å². The van der Waals surface area contributed by atoms with Gasteiger partial charge in [-0.25, -0.2) is 4.98 Å². The number of nitrogens with one attached hydrogen (secondary N) is 1. The SMILES string of the molecule is CC(C)CNCc1cnc(N2CCC(C)CC2C)cn1. The van der Waals surface area contributed by atoms with E-state index in [9.17, 15) is 0 Å². The quantitative estimate of drug-likeness (QED) is 0.898. The van der Waals surface area contributed by atoms with Crippen LogP contribution in [0.2, 0.25) is 0 Å². The lowest BCUT2D eigenvalue weighted by molar-refractivity contribution is 0.375. The molecule has 2 atom stereocenters. The highest BCUT2D eigenvalue weighted by Crippen LogP contribution is 2.25. The maximum absolute atomic E-state index is 4.60. The van der Waals surface area contributed by atoms with Gasteiger partial charge in [0.25, 0.3) is 0 Å². The van der Waals surface area contributed by atoms with Gasteiger partial charge in [0.15, 0.2) is 0 Å². The summed E-state index contributed by atoms with van der Waals surface area (Å²) >= 11 is 0. The number of piperidine rings is 1. The van der Waals surface area contributed by atoms with Gasteiger partial charge in [-0.1, -0.05) is 20.8 Å². The highest BCUT2D eigenvalue weighted by atomic mass is 15.2. The summed E-state index contributed by atoms with van der Waals surface area (Å²) in [5.41, 5.74) is 1.02. The third-order valence-corrected chi connectivity index (χ3v) is 3.98. The molecule has 1 aromatic rings. The van der Waals surface area contributed by atoms with Crippen LogP contribution in [0.25, 0.3) is 0 Å². The molecule has 2 rings (SSSR count). The van der Waals surface area contributed by atoms with Crippen molar-refractivity contribution < 1.29 is 0 Å². The van der Waals surface area contributed by atoms with Gasteiger partial charge >= 0.3 is 0 Å². The van der Waals surface area contributed by atoms with E-state index in [0.717, 1.165) is 37.1 Å². The fourth-order valence-corrected chi connectivity index (χ4v) is 2.82. The molecule has 1 fully saturated rings. The third kappa shape index (κ3) is 4.17. The first-order valence-corrected chi connectivity index (χ1v) is 7.84. The van der Waals surface area contributed by atoms with Gasteiger partial charge in [0.2, 0.25) is 0 Å². The van der Waals surface area contributed by atoms with Gasteiger partial charge in [-0.15, -0.1) is 0 Å². The van der Waals surface area contributed by atoms with Crippen LogP contribution in [0.4, 0.5) is 5.82 Å². The Bertz CT molecular complexity index is 401. The summed E-state index contributed by atoms with van der Waals surface area (Å²) in [6.45, 7) is 12.0. The summed E-state index contributed by atoms with van der Waals surface area (Å²) in [6, 6.07) is 0.568. The average molecular weight is 276 g/mol. The van der Waals surface area contributed by atoms with E-state index in [-0.39, 0.29) is 0 Å². The summed E-state index contributed by atoms with van der Waals surface area (Å²) in [6.07, 6.45) is 6.34. The standard InChI is InChI=1S/C16H28N4/c1-12(2)8-17-9-15-10-19-16(11-18-15)20-6-5-13(3)7-14(20)4/h10-14,17H,5-9H2,1-4H3. The first-order chi connectivity index (χ1) is 9.56. The number of hydrogen-bond acceptors (Lipinski definition) is 4. The van der Waals surface area contributed by atoms with Gasteiger partial charge in [0.1, 0.15) is 5.82 Å².